The first-order valence-electron chi connectivity index (χ1n) is 9.00. The second kappa shape index (κ2) is 11.9. The average Bonchev–Trinajstić information content (AvgIpc) is 2.56. The third-order valence-electron chi connectivity index (χ3n) is 4.54. The van der Waals surface area contributed by atoms with Gasteiger partial charge in [-0.05, 0) is 35.2 Å². The SMILES string of the molecule is CCCCCCCCCCc1ccc(S(=O)(=O)[O-])c2ccccc12.[K+]. The zero-order chi connectivity index (χ0) is 17.4. The molecule has 0 aliphatic carbocycles. The number of unbranched alkanes of at least 4 members (excludes halogenated alkanes) is 7. The molecule has 0 amide bonds. The van der Waals surface area contributed by atoms with Crippen molar-refractivity contribution in [2.24, 2.45) is 0 Å². The molecule has 0 aliphatic heterocycles. The van der Waals surface area contributed by atoms with Crippen molar-refractivity contribution in [1.82, 2.24) is 0 Å². The minimum atomic E-state index is -4.44. The van der Waals surface area contributed by atoms with Crippen LogP contribution in [0.3, 0.4) is 0 Å². The molecule has 0 N–H and O–H groups in total. The van der Waals surface area contributed by atoms with Gasteiger partial charge in [-0.3, -0.25) is 0 Å². The van der Waals surface area contributed by atoms with Crippen LogP contribution in [-0.2, 0) is 16.5 Å². The van der Waals surface area contributed by atoms with E-state index in [0.29, 0.717) is 5.39 Å². The molecule has 0 atom stereocenters. The van der Waals surface area contributed by atoms with Gasteiger partial charge in [0.1, 0.15) is 10.1 Å². The molecule has 0 heterocycles. The molecule has 0 aromatic heterocycles. The zero-order valence-electron chi connectivity index (χ0n) is 15.5. The molecular formula is C20H27KO3S. The normalized spacial score (nSPS) is 11.4. The summed E-state index contributed by atoms with van der Waals surface area (Å²) in [5.41, 5.74) is 1.13. The molecule has 0 fully saturated rings. The maximum atomic E-state index is 11.4. The van der Waals surface area contributed by atoms with Gasteiger partial charge in [0.25, 0.3) is 0 Å². The maximum absolute atomic E-state index is 11.4. The van der Waals surface area contributed by atoms with E-state index in [-0.39, 0.29) is 56.3 Å². The van der Waals surface area contributed by atoms with Crippen molar-refractivity contribution in [1.29, 1.82) is 0 Å². The van der Waals surface area contributed by atoms with Crippen LogP contribution >= 0.6 is 0 Å². The van der Waals surface area contributed by atoms with Crippen LogP contribution in [0.2, 0.25) is 0 Å². The number of rotatable bonds is 10. The molecule has 0 unspecified atom stereocenters. The molecule has 0 saturated carbocycles. The van der Waals surface area contributed by atoms with Crippen molar-refractivity contribution in [2.75, 3.05) is 0 Å². The van der Waals surface area contributed by atoms with Crippen LogP contribution in [-0.4, -0.2) is 13.0 Å². The predicted octanol–water partition coefficient (Wildman–Crippen LogP) is 2.43. The van der Waals surface area contributed by atoms with Gasteiger partial charge in [0, 0.05) is 0 Å². The third-order valence-corrected chi connectivity index (χ3v) is 5.44. The smallest absolute Gasteiger partial charge is 0.744 e. The van der Waals surface area contributed by atoms with Gasteiger partial charge in [-0.25, -0.2) is 8.42 Å². The first-order valence-corrected chi connectivity index (χ1v) is 10.4. The molecule has 0 aliphatic rings. The molecule has 132 valence electrons. The second-order valence-corrected chi connectivity index (χ2v) is 7.80. The summed E-state index contributed by atoms with van der Waals surface area (Å²) in [6.45, 7) is 2.23. The van der Waals surface area contributed by atoms with Crippen molar-refractivity contribution in [3.63, 3.8) is 0 Å². The summed E-state index contributed by atoms with van der Waals surface area (Å²) in [4.78, 5) is -0.113. The summed E-state index contributed by atoms with van der Waals surface area (Å²) < 4.78 is 34.2. The van der Waals surface area contributed by atoms with E-state index < -0.39 is 10.1 Å². The average molecular weight is 387 g/mol. The molecule has 2 aromatic rings. The molecule has 0 bridgehead atoms. The predicted molar refractivity (Wildman–Crippen MR) is 98.2 cm³/mol. The Balaban J connectivity index is 0.00000312. The summed E-state index contributed by atoms with van der Waals surface area (Å²) in [7, 11) is -4.44. The van der Waals surface area contributed by atoms with Crippen molar-refractivity contribution in [2.45, 2.75) is 69.6 Å². The van der Waals surface area contributed by atoms with Gasteiger partial charge in [0.15, 0.2) is 0 Å². The Kier molecular flexibility index (Phi) is 11.0. The van der Waals surface area contributed by atoms with Gasteiger partial charge in [-0.1, -0.05) is 82.2 Å². The second-order valence-electron chi connectivity index (χ2n) is 6.45. The minimum absolute atomic E-state index is 0. The Morgan fingerprint density at radius 3 is 1.96 bits per heavy atom. The minimum Gasteiger partial charge on any atom is -0.744 e. The Bertz CT molecular complexity index is 757. The molecule has 0 saturated heterocycles. The fourth-order valence-electron chi connectivity index (χ4n) is 3.22. The summed E-state index contributed by atoms with van der Waals surface area (Å²) in [6, 6.07) is 10.6. The van der Waals surface area contributed by atoms with Gasteiger partial charge >= 0.3 is 51.4 Å². The van der Waals surface area contributed by atoms with Crippen LogP contribution in [0.4, 0.5) is 0 Å². The Morgan fingerprint density at radius 1 is 0.800 bits per heavy atom. The largest absolute Gasteiger partial charge is 1.00 e. The molecule has 0 radical (unpaired) electrons. The molecule has 5 heteroatoms. The fraction of sp³-hybridized carbons (Fsp3) is 0.500. The van der Waals surface area contributed by atoms with E-state index in [4.69, 9.17) is 0 Å². The van der Waals surface area contributed by atoms with Gasteiger partial charge in [0.05, 0.1) is 4.90 Å². The Morgan fingerprint density at radius 2 is 1.36 bits per heavy atom. The maximum Gasteiger partial charge on any atom is 1.00 e. The van der Waals surface area contributed by atoms with Crippen LogP contribution in [0.1, 0.15) is 63.9 Å². The number of hydrogen-bond acceptors (Lipinski definition) is 3. The number of benzene rings is 2. The quantitative estimate of drug-likeness (QED) is 0.358. The molecule has 25 heavy (non-hydrogen) atoms. The molecule has 0 spiro atoms. The monoisotopic (exact) mass is 386 g/mol. The van der Waals surface area contributed by atoms with Gasteiger partial charge in [0.2, 0.25) is 0 Å². The number of fused-ring (bicyclic) bond motifs is 1. The van der Waals surface area contributed by atoms with Crippen LogP contribution < -0.4 is 51.4 Å². The van der Waals surface area contributed by atoms with Crippen LogP contribution in [0.15, 0.2) is 41.3 Å². The molecule has 2 aromatic carbocycles. The van der Waals surface area contributed by atoms with Crippen LogP contribution in [0.5, 0.6) is 0 Å². The van der Waals surface area contributed by atoms with Crippen molar-refractivity contribution < 1.29 is 64.4 Å². The van der Waals surface area contributed by atoms with Crippen molar-refractivity contribution in [3.05, 3.63) is 42.0 Å². The van der Waals surface area contributed by atoms with Crippen LogP contribution in [0, 0.1) is 0 Å². The third kappa shape index (κ3) is 7.41. The van der Waals surface area contributed by atoms with E-state index in [1.54, 1.807) is 18.2 Å². The van der Waals surface area contributed by atoms with E-state index in [2.05, 4.69) is 6.92 Å². The fourth-order valence-corrected chi connectivity index (χ4v) is 3.90. The first kappa shape index (κ1) is 23.3. The van der Waals surface area contributed by atoms with Crippen molar-refractivity contribution in [3.8, 4) is 0 Å². The van der Waals surface area contributed by atoms with E-state index in [0.717, 1.165) is 23.8 Å². The zero-order valence-corrected chi connectivity index (χ0v) is 19.4. The summed E-state index contributed by atoms with van der Waals surface area (Å²) >= 11 is 0. The van der Waals surface area contributed by atoms with Gasteiger partial charge in [-0.2, -0.15) is 0 Å². The Labute approximate surface area is 194 Å². The van der Waals surface area contributed by atoms with E-state index in [1.165, 1.54) is 51.0 Å². The molecule has 3 nitrogen and oxygen atoms in total. The van der Waals surface area contributed by atoms with E-state index in [9.17, 15) is 13.0 Å². The topological polar surface area (TPSA) is 57.2 Å². The number of aryl methyl sites for hydroxylation is 1. The summed E-state index contributed by atoms with van der Waals surface area (Å²) in [6.07, 6.45) is 11.1. The van der Waals surface area contributed by atoms with Gasteiger partial charge < -0.3 is 4.55 Å². The van der Waals surface area contributed by atoms with Crippen LogP contribution in [0.25, 0.3) is 10.8 Å². The van der Waals surface area contributed by atoms with Crippen molar-refractivity contribution >= 4 is 20.9 Å². The van der Waals surface area contributed by atoms with E-state index in [1.807, 2.05) is 12.1 Å². The molecular weight excluding hydrogens is 359 g/mol. The summed E-state index contributed by atoms with van der Waals surface area (Å²) in [5.74, 6) is 0. The molecule has 2 rings (SSSR count). The number of hydrogen-bond donors (Lipinski definition) is 0. The Hall–Kier alpha value is 0.246. The standard InChI is InChI=1S/C20H28O3S.K/c1-2-3-4-5-6-7-8-9-12-17-15-16-20(24(21,22)23)19-14-11-10-13-18(17)19;/h10-11,13-16H,2-9,12H2,1H3,(H,21,22,23);/q;+1/p-1. The van der Waals surface area contributed by atoms with E-state index >= 15 is 0 Å². The first-order chi connectivity index (χ1) is 11.5. The van der Waals surface area contributed by atoms with Gasteiger partial charge in [-0.15, -0.1) is 0 Å². The summed E-state index contributed by atoms with van der Waals surface area (Å²) in [5, 5.41) is 1.43.